The number of hydrogen-bond acceptors (Lipinski definition) is 2. The molecular weight excluding hydrogens is 599 g/mol. The van der Waals surface area contributed by atoms with Crippen LogP contribution in [0.15, 0.2) is 79.1 Å². The van der Waals surface area contributed by atoms with E-state index < -0.39 is 58.7 Å². The van der Waals surface area contributed by atoms with Crippen molar-refractivity contribution in [3.8, 4) is 22.6 Å². The van der Waals surface area contributed by atoms with Gasteiger partial charge in [0.1, 0.15) is 28.8 Å². The van der Waals surface area contributed by atoms with Crippen LogP contribution in [0.1, 0.15) is 35.6 Å². The predicted octanol–water partition coefficient (Wildman–Crippen LogP) is 10.1. The summed E-state index contributed by atoms with van der Waals surface area (Å²) in [4.78, 5) is 0. The van der Waals surface area contributed by atoms with Gasteiger partial charge in [0, 0.05) is 23.8 Å². The number of allylic oxidation sites excluding steroid dienone is 1. The number of rotatable bonds is 12. The minimum Gasteiger partial charge on any atom is -0.459 e. The largest absolute Gasteiger partial charge is 0.459 e. The van der Waals surface area contributed by atoms with E-state index in [1.165, 1.54) is 17.7 Å². The van der Waals surface area contributed by atoms with Gasteiger partial charge >= 0.3 is 6.11 Å². The average Bonchev–Trinajstić information content (AvgIpc) is 2.93. The molecule has 0 atom stereocenters. The van der Waals surface area contributed by atoms with Crippen molar-refractivity contribution in [2.45, 2.75) is 45.1 Å². The van der Waals surface area contributed by atoms with Crippen molar-refractivity contribution in [2.75, 3.05) is 0 Å². The Balaban J connectivity index is 1.50. The number of halogens is 9. The molecule has 4 aromatic rings. The summed E-state index contributed by atoms with van der Waals surface area (Å²) in [5, 5.41) is 0. The molecule has 0 aliphatic carbocycles. The van der Waals surface area contributed by atoms with Gasteiger partial charge in [-0.1, -0.05) is 49.7 Å². The first kappa shape index (κ1) is 32.5. The van der Waals surface area contributed by atoms with E-state index in [2.05, 4.69) is 16.4 Å². The number of aryl methyl sites for hydroxylation is 3. The molecule has 0 heterocycles. The van der Waals surface area contributed by atoms with Crippen molar-refractivity contribution in [3.63, 3.8) is 0 Å². The third kappa shape index (κ3) is 7.94. The molecule has 0 radical (unpaired) electrons. The quantitative estimate of drug-likeness (QED) is 0.115. The Bertz CT molecular complexity index is 1590. The first-order valence-corrected chi connectivity index (χ1v) is 13.4. The van der Waals surface area contributed by atoms with Gasteiger partial charge in [0.2, 0.25) is 0 Å². The zero-order valence-electron chi connectivity index (χ0n) is 23.1. The minimum atomic E-state index is -4.78. The van der Waals surface area contributed by atoms with Crippen LogP contribution in [0.4, 0.5) is 39.5 Å². The van der Waals surface area contributed by atoms with Crippen LogP contribution in [-0.2, 0) is 25.4 Å². The molecule has 0 saturated heterocycles. The van der Waals surface area contributed by atoms with Crippen LogP contribution < -0.4 is 9.47 Å². The Labute approximate surface area is 247 Å². The number of ether oxygens (including phenoxy) is 2. The first-order valence-electron chi connectivity index (χ1n) is 13.4. The van der Waals surface area contributed by atoms with E-state index in [0.29, 0.717) is 30.5 Å². The lowest BCUT2D eigenvalue weighted by atomic mass is 9.98. The maximum atomic E-state index is 15.0. The molecule has 4 rings (SSSR count). The Kier molecular flexibility index (Phi) is 10.3. The normalized spacial score (nSPS) is 11.9. The topological polar surface area (TPSA) is 18.5 Å². The Hall–Kier alpha value is -4.41. The molecule has 44 heavy (non-hydrogen) atoms. The molecule has 232 valence electrons. The summed E-state index contributed by atoms with van der Waals surface area (Å²) in [6.07, 6.45) is -4.21. The van der Waals surface area contributed by atoms with Crippen molar-refractivity contribution < 1.29 is 49.0 Å². The van der Waals surface area contributed by atoms with Crippen molar-refractivity contribution >= 4 is 0 Å². The number of hydrogen-bond donors (Lipinski definition) is 0. The SMILES string of the molecule is CCCc1ccc(CCc2ccc(-c3cc(F)c(C(F)(F)Oc4cc(F)c(O/C=C/C(F)F)c(F)c4)c(F)c3)c(F)c2)cc1. The molecule has 0 fully saturated rings. The summed E-state index contributed by atoms with van der Waals surface area (Å²) in [6.45, 7) is 2.09. The Morgan fingerprint density at radius 2 is 1.23 bits per heavy atom. The third-order valence-corrected chi connectivity index (χ3v) is 6.57. The van der Waals surface area contributed by atoms with Gasteiger partial charge < -0.3 is 9.47 Å². The number of benzene rings is 4. The lowest BCUT2D eigenvalue weighted by molar-refractivity contribution is -0.189. The highest BCUT2D eigenvalue weighted by molar-refractivity contribution is 5.65. The fraction of sp³-hybridized carbons (Fsp3) is 0.212. The fourth-order valence-electron chi connectivity index (χ4n) is 4.48. The second-order valence-electron chi connectivity index (χ2n) is 9.81. The monoisotopic (exact) mass is 624 g/mol. The molecule has 11 heteroatoms. The molecule has 0 amide bonds. The van der Waals surface area contributed by atoms with E-state index in [4.69, 9.17) is 0 Å². The molecule has 0 aliphatic rings. The van der Waals surface area contributed by atoms with Gasteiger partial charge in [0.15, 0.2) is 17.4 Å². The van der Waals surface area contributed by atoms with Gasteiger partial charge in [-0.15, -0.1) is 0 Å². The van der Waals surface area contributed by atoms with Gasteiger partial charge in [-0.3, -0.25) is 0 Å². The van der Waals surface area contributed by atoms with Crippen molar-refractivity contribution in [1.29, 1.82) is 0 Å². The molecule has 0 spiro atoms. The summed E-state index contributed by atoms with van der Waals surface area (Å²) >= 11 is 0. The highest BCUT2D eigenvalue weighted by Crippen LogP contribution is 2.39. The molecule has 0 N–H and O–H groups in total. The van der Waals surface area contributed by atoms with E-state index in [0.717, 1.165) is 18.4 Å². The average molecular weight is 625 g/mol. The second kappa shape index (κ2) is 13.9. The maximum absolute atomic E-state index is 15.0. The lowest BCUT2D eigenvalue weighted by Crippen LogP contribution is -2.25. The molecular formula is C33H25F9O2. The third-order valence-electron chi connectivity index (χ3n) is 6.57. The van der Waals surface area contributed by atoms with Crippen molar-refractivity contribution in [3.05, 3.63) is 130 Å². The smallest absolute Gasteiger partial charge is 0.432 e. The van der Waals surface area contributed by atoms with Crippen LogP contribution in [-0.4, -0.2) is 6.43 Å². The zero-order chi connectivity index (χ0) is 32.0. The van der Waals surface area contributed by atoms with Crippen molar-refractivity contribution in [2.24, 2.45) is 0 Å². The van der Waals surface area contributed by atoms with Crippen LogP contribution in [0, 0.1) is 29.1 Å². The molecule has 0 aliphatic heterocycles. The lowest BCUT2D eigenvalue weighted by Gasteiger charge is -2.20. The maximum Gasteiger partial charge on any atom is 0.432 e. The molecule has 2 nitrogen and oxygen atoms in total. The van der Waals surface area contributed by atoms with E-state index in [1.54, 1.807) is 6.07 Å². The zero-order valence-corrected chi connectivity index (χ0v) is 23.1. The van der Waals surface area contributed by atoms with E-state index >= 15 is 0 Å². The van der Waals surface area contributed by atoms with Gasteiger partial charge in [-0.05, 0) is 59.7 Å². The van der Waals surface area contributed by atoms with E-state index in [1.807, 2.05) is 24.3 Å². The van der Waals surface area contributed by atoms with Crippen molar-refractivity contribution in [1.82, 2.24) is 0 Å². The highest BCUT2D eigenvalue weighted by atomic mass is 19.3. The van der Waals surface area contributed by atoms with Crippen LogP contribution in [0.2, 0.25) is 0 Å². The van der Waals surface area contributed by atoms with Gasteiger partial charge in [-0.2, -0.15) is 8.78 Å². The first-order chi connectivity index (χ1) is 20.9. The summed E-state index contributed by atoms with van der Waals surface area (Å²) in [5.74, 6) is -10.1. The summed E-state index contributed by atoms with van der Waals surface area (Å²) in [5.41, 5.74) is 0.381. The van der Waals surface area contributed by atoms with E-state index in [9.17, 15) is 39.5 Å². The fourth-order valence-corrected chi connectivity index (χ4v) is 4.48. The molecule has 0 aromatic heterocycles. The van der Waals surface area contributed by atoms with Crippen LogP contribution in [0.5, 0.6) is 11.5 Å². The standard InChI is InChI=1S/C33H25F9O2/c1-2-3-19-4-6-20(7-5-19)8-9-21-10-11-24(25(34)14-21)22-15-26(35)31(27(36)16-22)33(41,42)44-23-17-28(37)32(29(38)18-23)43-13-12-30(39)40/h4-7,10-18,30H,2-3,8-9H2,1H3/b13-12+. The predicted molar refractivity (Wildman–Crippen MR) is 146 cm³/mol. The number of alkyl halides is 4. The Morgan fingerprint density at radius 3 is 1.77 bits per heavy atom. The second-order valence-corrected chi connectivity index (χ2v) is 9.81. The van der Waals surface area contributed by atoms with Gasteiger partial charge in [0.05, 0.1) is 6.26 Å². The van der Waals surface area contributed by atoms with Crippen LogP contribution in [0.3, 0.4) is 0 Å². The molecule has 0 saturated carbocycles. The highest BCUT2D eigenvalue weighted by Gasteiger charge is 2.41. The Morgan fingerprint density at radius 1 is 0.682 bits per heavy atom. The minimum absolute atomic E-state index is 0.168. The molecule has 0 unspecified atom stereocenters. The van der Waals surface area contributed by atoms with Crippen LogP contribution >= 0.6 is 0 Å². The molecule has 0 bridgehead atoms. The van der Waals surface area contributed by atoms with Gasteiger partial charge in [0.25, 0.3) is 6.43 Å². The van der Waals surface area contributed by atoms with Gasteiger partial charge in [-0.25, -0.2) is 30.7 Å². The van der Waals surface area contributed by atoms with Crippen LogP contribution in [0.25, 0.3) is 11.1 Å². The summed E-state index contributed by atoms with van der Waals surface area (Å²) < 4.78 is 136. The summed E-state index contributed by atoms with van der Waals surface area (Å²) in [6, 6.07) is 13.5. The molecule has 4 aromatic carbocycles. The van der Waals surface area contributed by atoms with E-state index in [-0.39, 0.29) is 35.6 Å². The summed E-state index contributed by atoms with van der Waals surface area (Å²) in [7, 11) is 0.